The maximum atomic E-state index is 13.8. The smallest absolute Gasteiger partial charge is 0.326 e. The van der Waals surface area contributed by atoms with Gasteiger partial charge in [0.2, 0.25) is 41.4 Å². The number of aliphatic carboxylic acids is 1. The Labute approximate surface area is 369 Å². The fraction of sp³-hybridized carbons (Fsp3) is 0.545. The summed E-state index contributed by atoms with van der Waals surface area (Å²) in [6.07, 6.45) is 1.35. The molecule has 0 aromatic heterocycles. The zero-order chi connectivity index (χ0) is 47.1. The lowest BCUT2D eigenvalue weighted by Gasteiger charge is -2.27. The van der Waals surface area contributed by atoms with Crippen LogP contribution in [-0.4, -0.2) is 120 Å². The fourth-order valence-electron chi connectivity index (χ4n) is 6.49. The second-order valence-electron chi connectivity index (χ2n) is 16.3. The molecule has 0 aliphatic carbocycles. The van der Waals surface area contributed by atoms with E-state index in [1.165, 1.54) is 6.92 Å². The Bertz CT molecular complexity index is 1800. The molecule has 0 saturated carbocycles. The summed E-state index contributed by atoms with van der Waals surface area (Å²) in [5, 5.41) is 38.0. The number of nitrogens with one attached hydrogen (secondary N) is 7. The number of nitrogens with two attached hydrogens (primary N) is 2. The second-order valence-corrected chi connectivity index (χ2v) is 16.3. The lowest BCUT2D eigenvalue weighted by atomic mass is 10.0. The average molecular weight is 882 g/mol. The minimum atomic E-state index is -1.59. The number of carbonyl (C=O) groups is 8. The highest BCUT2D eigenvalue weighted by Crippen LogP contribution is 2.11. The Balaban J connectivity index is 2.21. The van der Waals surface area contributed by atoms with E-state index in [9.17, 15) is 48.6 Å². The van der Waals surface area contributed by atoms with Crippen molar-refractivity contribution >= 4 is 47.3 Å². The van der Waals surface area contributed by atoms with Crippen LogP contribution in [0.3, 0.4) is 0 Å². The minimum absolute atomic E-state index is 0.00119. The van der Waals surface area contributed by atoms with Crippen LogP contribution < -0.4 is 48.7 Å². The Morgan fingerprint density at radius 3 is 1.40 bits per heavy atom. The molecule has 2 aromatic carbocycles. The van der Waals surface area contributed by atoms with Crippen molar-refractivity contribution in [1.82, 2.24) is 37.2 Å². The van der Waals surface area contributed by atoms with E-state index >= 15 is 0 Å². The van der Waals surface area contributed by atoms with Crippen molar-refractivity contribution in [3.8, 4) is 0 Å². The first-order valence-electron chi connectivity index (χ1n) is 21.3. The van der Waals surface area contributed by atoms with Gasteiger partial charge in [0, 0.05) is 12.8 Å². The lowest BCUT2D eigenvalue weighted by molar-refractivity contribution is -0.142. The molecule has 13 N–H and O–H groups in total. The van der Waals surface area contributed by atoms with Gasteiger partial charge in [-0.3, -0.25) is 33.6 Å². The Hall–Kier alpha value is -5.92. The largest absolute Gasteiger partial charge is 0.480 e. The first kappa shape index (κ1) is 53.2. The Morgan fingerprint density at radius 1 is 0.508 bits per heavy atom. The highest BCUT2D eigenvalue weighted by molar-refractivity contribution is 5.97. The molecular weight excluding hydrogens is 815 g/mol. The molecule has 0 saturated heterocycles. The molecule has 19 heteroatoms. The van der Waals surface area contributed by atoms with Crippen molar-refractivity contribution in [2.45, 2.75) is 122 Å². The molecule has 19 nitrogen and oxygen atoms in total. The standard InChI is InChI=1S/C44H67N9O10/c1-26(2)20-32(48-37(55)24-46)41(59)51-34(22-29-14-8-6-9-15-29)40(58)47-28(5)38(56)53-36(25-54)43(61)49-31(18-12-13-19-45)39(57)50-33(21-27(3)4)42(60)52-35(44(62)63)23-30-16-10-7-11-17-30/h6-11,14-17,26-28,31-36,54H,12-13,18-25,45-46H2,1-5H3,(H,47,58)(H,48,55)(H,49,61)(H,50,57)(H,51,59)(H,52,60)(H,53,56)(H,62,63)/t28-,31-,32-,33-,34-,35-,36-/m0/s1. The molecule has 7 atom stereocenters. The number of carboxylic acid groups (broad SMARTS) is 1. The van der Waals surface area contributed by atoms with Gasteiger partial charge in [-0.1, -0.05) is 88.4 Å². The van der Waals surface area contributed by atoms with Gasteiger partial charge in [0.15, 0.2) is 0 Å². The maximum Gasteiger partial charge on any atom is 0.326 e. The van der Waals surface area contributed by atoms with Gasteiger partial charge in [-0.15, -0.1) is 0 Å². The summed E-state index contributed by atoms with van der Waals surface area (Å²) < 4.78 is 0. The van der Waals surface area contributed by atoms with Crippen LogP contribution in [0.1, 0.15) is 77.8 Å². The van der Waals surface area contributed by atoms with Crippen LogP contribution in [0.2, 0.25) is 0 Å². The predicted molar refractivity (Wildman–Crippen MR) is 235 cm³/mol. The van der Waals surface area contributed by atoms with Crippen molar-refractivity contribution in [3.05, 3.63) is 71.8 Å². The van der Waals surface area contributed by atoms with Crippen molar-refractivity contribution in [1.29, 1.82) is 0 Å². The number of carboxylic acids is 1. The molecule has 0 heterocycles. The Morgan fingerprint density at radius 2 is 0.921 bits per heavy atom. The molecule has 2 aromatic rings. The van der Waals surface area contributed by atoms with Gasteiger partial charge in [-0.05, 0) is 68.5 Å². The average Bonchev–Trinajstić information content (AvgIpc) is 3.24. The topological polar surface area (TPSA) is 313 Å². The number of aliphatic hydroxyl groups is 1. The lowest BCUT2D eigenvalue weighted by Crippen LogP contribution is -2.60. The number of unbranched alkanes of at least 4 members (excludes halogenated alkanes) is 1. The van der Waals surface area contributed by atoms with Crippen molar-refractivity contribution in [2.24, 2.45) is 23.3 Å². The third-order valence-electron chi connectivity index (χ3n) is 9.84. The van der Waals surface area contributed by atoms with Crippen LogP contribution in [0.25, 0.3) is 0 Å². The summed E-state index contributed by atoms with van der Waals surface area (Å²) in [4.78, 5) is 106. The minimum Gasteiger partial charge on any atom is -0.480 e. The van der Waals surface area contributed by atoms with Crippen LogP contribution >= 0.6 is 0 Å². The molecule has 0 spiro atoms. The molecule has 0 aliphatic heterocycles. The van der Waals surface area contributed by atoms with E-state index in [0.29, 0.717) is 24.0 Å². The normalized spacial score (nSPS) is 14.4. The van der Waals surface area contributed by atoms with Crippen LogP contribution in [0, 0.1) is 11.8 Å². The highest BCUT2D eigenvalue weighted by Gasteiger charge is 2.33. The van der Waals surface area contributed by atoms with E-state index in [0.717, 1.165) is 0 Å². The summed E-state index contributed by atoms with van der Waals surface area (Å²) in [6.45, 7) is 7.73. The molecule has 0 bridgehead atoms. The number of rotatable bonds is 28. The molecule has 63 heavy (non-hydrogen) atoms. The van der Waals surface area contributed by atoms with E-state index in [1.54, 1.807) is 60.7 Å². The van der Waals surface area contributed by atoms with Gasteiger partial charge in [0.05, 0.1) is 13.2 Å². The van der Waals surface area contributed by atoms with E-state index in [4.69, 9.17) is 11.5 Å². The summed E-state index contributed by atoms with van der Waals surface area (Å²) in [7, 11) is 0. The molecule has 0 fully saturated rings. The SMILES string of the molecule is CC(C)C[C@H](NC(=O)CN)C(=O)N[C@@H](Cc1ccccc1)C(=O)N[C@@H](C)C(=O)N[C@@H](CO)C(=O)N[C@@H](CCCCN)C(=O)N[C@@H](CC(C)C)C(=O)N[C@@H](Cc1ccccc1)C(=O)O. The van der Waals surface area contributed by atoms with E-state index < -0.39 is 96.2 Å². The number of carbonyl (C=O) groups excluding carboxylic acids is 7. The van der Waals surface area contributed by atoms with Crippen molar-refractivity contribution in [3.63, 3.8) is 0 Å². The van der Waals surface area contributed by atoms with E-state index in [-0.39, 0.29) is 57.0 Å². The van der Waals surface area contributed by atoms with Crippen LogP contribution in [0.4, 0.5) is 0 Å². The molecule has 0 aliphatic rings. The van der Waals surface area contributed by atoms with Crippen LogP contribution in [0.15, 0.2) is 60.7 Å². The molecule has 2 rings (SSSR count). The maximum absolute atomic E-state index is 13.8. The Kier molecular flexibility index (Phi) is 23.6. The molecule has 0 radical (unpaired) electrons. The molecule has 7 amide bonds. The first-order valence-corrected chi connectivity index (χ1v) is 21.3. The predicted octanol–water partition coefficient (Wildman–Crippen LogP) is -0.858. The summed E-state index contributed by atoms with van der Waals surface area (Å²) in [5.74, 6) is -6.64. The molecule has 348 valence electrons. The third kappa shape index (κ3) is 19.8. The summed E-state index contributed by atoms with van der Waals surface area (Å²) in [6, 6.07) is 8.69. The van der Waals surface area contributed by atoms with Crippen LogP contribution in [-0.2, 0) is 51.2 Å². The second kappa shape index (κ2) is 27.9. The quantitative estimate of drug-likeness (QED) is 0.0466. The summed E-state index contributed by atoms with van der Waals surface area (Å²) in [5.41, 5.74) is 12.5. The van der Waals surface area contributed by atoms with Gasteiger partial charge in [-0.25, -0.2) is 4.79 Å². The van der Waals surface area contributed by atoms with Crippen molar-refractivity contribution in [2.75, 3.05) is 19.7 Å². The van der Waals surface area contributed by atoms with Gasteiger partial charge < -0.3 is 58.9 Å². The zero-order valence-corrected chi connectivity index (χ0v) is 36.9. The number of hydrogen-bond acceptors (Lipinski definition) is 11. The number of amides is 7. The van der Waals surface area contributed by atoms with E-state index in [2.05, 4.69) is 37.2 Å². The zero-order valence-electron chi connectivity index (χ0n) is 36.9. The first-order chi connectivity index (χ1) is 29.9. The van der Waals surface area contributed by atoms with E-state index in [1.807, 2.05) is 27.7 Å². The molecule has 0 unspecified atom stereocenters. The van der Waals surface area contributed by atoms with Crippen LogP contribution in [0.5, 0.6) is 0 Å². The third-order valence-corrected chi connectivity index (χ3v) is 9.84. The monoisotopic (exact) mass is 882 g/mol. The molecular formula is C44H67N9O10. The van der Waals surface area contributed by atoms with Gasteiger partial charge in [0.25, 0.3) is 0 Å². The fourth-order valence-corrected chi connectivity index (χ4v) is 6.49. The number of benzene rings is 2. The van der Waals surface area contributed by atoms with Gasteiger partial charge in [-0.2, -0.15) is 0 Å². The number of hydrogen-bond donors (Lipinski definition) is 11. The van der Waals surface area contributed by atoms with Gasteiger partial charge in [0.1, 0.15) is 42.3 Å². The summed E-state index contributed by atoms with van der Waals surface area (Å²) >= 11 is 0. The van der Waals surface area contributed by atoms with Crippen molar-refractivity contribution < 1.29 is 48.6 Å². The van der Waals surface area contributed by atoms with Gasteiger partial charge >= 0.3 is 5.97 Å². The highest BCUT2D eigenvalue weighted by atomic mass is 16.4. The number of aliphatic hydroxyl groups excluding tert-OH is 1.